The van der Waals surface area contributed by atoms with E-state index in [4.69, 9.17) is 9.84 Å². The molecule has 2 aromatic rings. The van der Waals surface area contributed by atoms with E-state index < -0.39 is 5.97 Å². The predicted octanol–water partition coefficient (Wildman–Crippen LogP) is 2.71. The van der Waals surface area contributed by atoms with Gasteiger partial charge in [-0.15, -0.1) is 0 Å². The number of rotatable bonds is 5. The molecule has 1 atom stereocenters. The first-order valence-corrected chi connectivity index (χ1v) is 7.92. The quantitative estimate of drug-likeness (QED) is 0.886. The molecule has 3 rings (SSSR count). The highest BCUT2D eigenvalue weighted by Gasteiger charge is 2.22. The number of carboxylic acid groups (broad SMARTS) is 1. The Kier molecular flexibility index (Phi) is 4.91. The van der Waals surface area contributed by atoms with Crippen molar-refractivity contribution in [1.29, 1.82) is 0 Å². The van der Waals surface area contributed by atoms with Gasteiger partial charge in [0.05, 0.1) is 24.7 Å². The van der Waals surface area contributed by atoms with E-state index in [1.165, 1.54) is 11.6 Å². The smallest absolute Gasteiger partial charge is 0.335 e. The van der Waals surface area contributed by atoms with Gasteiger partial charge in [0.2, 0.25) is 5.91 Å². The predicted molar refractivity (Wildman–Crippen MR) is 88.7 cm³/mol. The number of carboxylic acids is 1. The summed E-state index contributed by atoms with van der Waals surface area (Å²) in [5, 5.41) is 11.8. The zero-order valence-electron chi connectivity index (χ0n) is 13.2. The molecular weight excluding hydrogens is 306 g/mol. The molecule has 5 nitrogen and oxygen atoms in total. The van der Waals surface area contributed by atoms with Gasteiger partial charge in [0, 0.05) is 6.54 Å². The summed E-state index contributed by atoms with van der Waals surface area (Å²) in [6.07, 6.45) is 0.909. The molecule has 0 radical (unpaired) electrons. The Morgan fingerprint density at radius 1 is 1.17 bits per heavy atom. The summed E-state index contributed by atoms with van der Waals surface area (Å²) in [5.74, 6) is -1.09. The Balaban J connectivity index is 1.59. The van der Waals surface area contributed by atoms with E-state index in [1.807, 2.05) is 18.2 Å². The van der Waals surface area contributed by atoms with Crippen molar-refractivity contribution in [2.24, 2.45) is 0 Å². The lowest BCUT2D eigenvalue weighted by atomic mass is 9.95. The molecule has 1 unspecified atom stereocenters. The minimum absolute atomic E-state index is 0.113. The Morgan fingerprint density at radius 2 is 2.00 bits per heavy atom. The third-order valence-electron chi connectivity index (χ3n) is 4.13. The zero-order valence-corrected chi connectivity index (χ0v) is 13.2. The number of amides is 1. The molecule has 0 bridgehead atoms. The van der Waals surface area contributed by atoms with Gasteiger partial charge >= 0.3 is 5.97 Å². The number of benzene rings is 2. The summed E-state index contributed by atoms with van der Waals surface area (Å²) in [7, 11) is 0. The fourth-order valence-electron chi connectivity index (χ4n) is 2.90. The van der Waals surface area contributed by atoms with Gasteiger partial charge in [-0.1, -0.05) is 36.4 Å². The van der Waals surface area contributed by atoms with Crippen molar-refractivity contribution >= 4 is 11.9 Å². The van der Waals surface area contributed by atoms with Crippen LogP contribution in [-0.2, 0) is 22.5 Å². The molecule has 0 fully saturated rings. The Hall–Kier alpha value is -2.66. The van der Waals surface area contributed by atoms with E-state index in [0.717, 1.165) is 17.5 Å². The Morgan fingerprint density at radius 3 is 2.83 bits per heavy atom. The van der Waals surface area contributed by atoms with E-state index in [9.17, 15) is 9.59 Å². The third kappa shape index (κ3) is 3.81. The van der Waals surface area contributed by atoms with Crippen LogP contribution in [0.1, 0.15) is 39.6 Å². The summed E-state index contributed by atoms with van der Waals surface area (Å²) in [6, 6.07) is 14.6. The van der Waals surface area contributed by atoms with Gasteiger partial charge in [0.25, 0.3) is 0 Å². The van der Waals surface area contributed by atoms with Gasteiger partial charge in [-0.2, -0.15) is 0 Å². The fraction of sp³-hybridized carbons (Fsp3) is 0.263. The second-order valence-electron chi connectivity index (χ2n) is 5.79. The molecule has 24 heavy (non-hydrogen) atoms. The average Bonchev–Trinajstić information content (AvgIpc) is 2.60. The van der Waals surface area contributed by atoms with E-state index in [2.05, 4.69) is 11.4 Å². The first-order valence-electron chi connectivity index (χ1n) is 7.92. The molecule has 1 aliphatic rings. The van der Waals surface area contributed by atoms with Crippen molar-refractivity contribution < 1.29 is 19.4 Å². The van der Waals surface area contributed by atoms with Crippen molar-refractivity contribution in [2.45, 2.75) is 25.5 Å². The van der Waals surface area contributed by atoms with Crippen LogP contribution in [0.4, 0.5) is 0 Å². The molecule has 0 saturated heterocycles. The SMILES string of the molecule is O=C(CC1OCCc2ccccc21)NCc1cccc(C(=O)O)c1. The zero-order chi connectivity index (χ0) is 16.9. The molecule has 0 saturated carbocycles. The highest BCUT2D eigenvalue weighted by atomic mass is 16.5. The van der Waals surface area contributed by atoms with E-state index in [-0.39, 0.29) is 24.0 Å². The molecule has 0 spiro atoms. The van der Waals surface area contributed by atoms with Crippen LogP contribution in [-0.4, -0.2) is 23.6 Å². The fourth-order valence-corrected chi connectivity index (χ4v) is 2.90. The number of aromatic carboxylic acids is 1. The van der Waals surface area contributed by atoms with Gasteiger partial charge in [0.1, 0.15) is 0 Å². The van der Waals surface area contributed by atoms with E-state index >= 15 is 0 Å². The minimum Gasteiger partial charge on any atom is -0.478 e. The first kappa shape index (κ1) is 16.2. The summed E-state index contributed by atoms with van der Waals surface area (Å²) in [4.78, 5) is 23.2. The maximum absolute atomic E-state index is 12.2. The Bertz CT molecular complexity index is 757. The number of hydrogen-bond donors (Lipinski definition) is 2. The van der Waals surface area contributed by atoms with Crippen LogP contribution in [0.2, 0.25) is 0 Å². The molecule has 2 aromatic carbocycles. The highest BCUT2D eigenvalue weighted by molar-refractivity contribution is 5.87. The number of hydrogen-bond acceptors (Lipinski definition) is 3. The second-order valence-corrected chi connectivity index (χ2v) is 5.79. The number of nitrogens with one attached hydrogen (secondary N) is 1. The number of fused-ring (bicyclic) bond motifs is 1. The third-order valence-corrected chi connectivity index (χ3v) is 4.13. The van der Waals surface area contributed by atoms with Gasteiger partial charge < -0.3 is 15.2 Å². The molecule has 0 aliphatic carbocycles. The van der Waals surface area contributed by atoms with Gasteiger partial charge in [-0.3, -0.25) is 4.79 Å². The lowest BCUT2D eigenvalue weighted by molar-refractivity contribution is -0.124. The molecule has 0 aromatic heterocycles. The molecule has 124 valence electrons. The Labute approximate surface area is 140 Å². The standard InChI is InChI=1S/C19H19NO4/c21-18(20-12-13-4-3-6-15(10-13)19(22)23)11-17-16-7-2-1-5-14(16)8-9-24-17/h1-7,10,17H,8-9,11-12H2,(H,20,21)(H,22,23). The van der Waals surface area contributed by atoms with Crippen molar-refractivity contribution in [2.75, 3.05) is 6.61 Å². The van der Waals surface area contributed by atoms with Crippen LogP contribution < -0.4 is 5.32 Å². The molecular formula is C19H19NO4. The molecule has 1 amide bonds. The summed E-state index contributed by atoms with van der Waals surface area (Å²) < 4.78 is 5.74. The van der Waals surface area contributed by atoms with Gasteiger partial charge in [0.15, 0.2) is 0 Å². The lowest BCUT2D eigenvalue weighted by Crippen LogP contribution is -2.27. The maximum atomic E-state index is 12.2. The summed E-state index contributed by atoms with van der Waals surface area (Å²) in [5.41, 5.74) is 3.28. The molecule has 5 heteroatoms. The number of ether oxygens (including phenoxy) is 1. The summed E-state index contributed by atoms with van der Waals surface area (Å²) >= 11 is 0. The molecule has 1 heterocycles. The van der Waals surface area contributed by atoms with Gasteiger partial charge in [-0.25, -0.2) is 4.79 Å². The average molecular weight is 325 g/mol. The van der Waals surface area contributed by atoms with Crippen molar-refractivity contribution in [1.82, 2.24) is 5.32 Å². The van der Waals surface area contributed by atoms with Crippen LogP contribution in [0.15, 0.2) is 48.5 Å². The van der Waals surface area contributed by atoms with Crippen LogP contribution in [0, 0.1) is 0 Å². The molecule has 1 aliphatic heterocycles. The van der Waals surface area contributed by atoms with Crippen LogP contribution >= 0.6 is 0 Å². The normalized spacial score (nSPS) is 16.2. The largest absolute Gasteiger partial charge is 0.478 e. The van der Waals surface area contributed by atoms with Gasteiger partial charge in [-0.05, 0) is 35.2 Å². The van der Waals surface area contributed by atoms with Crippen molar-refractivity contribution in [3.8, 4) is 0 Å². The minimum atomic E-state index is -0.976. The number of carbonyl (C=O) groups is 2. The first-order chi connectivity index (χ1) is 11.6. The maximum Gasteiger partial charge on any atom is 0.335 e. The van der Waals surface area contributed by atoms with E-state index in [0.29, 0.717) is 13.2 Å². The molecule has 2 N–H and O–H groups in total. The van der Waals surface area contributed by atoms with Crippen molar-refractivity contribution in [3.63, 3.8) is 0 Å². The monoisotopic (exact) mass is 325 g/mol. The van der Waals surface area contributed by atoms with Crippen LogP contribution in [0.25, 0.3) is 0 Å². The number of carbonyl (C=O) groups excluding carboxylic acids is 1. The van der Waals surface area contributed by atoms with Crippen LogP contribution in [0.5, 0.6) is 0 Å². The van der Waals surface area contributed by atoms with Crippen molar-refractivity contribution in [3.05, 3.63) is 70.8 Å². The second kappa shape index (κ2) is 7.27. The highest BCUT2D eigenvalue weighted by Crippen LogP contribution is 2.29. The topological polar surface area (TPSA) is 75.6 Å². The van der Waals surface area contributed by atoms with E-state index in [1.54, 1.807) is 18.2 Å². The summed E-state index contributed by atoms with van der Waals surface area (Å²) in [6.45, 7) is 0.921. The lowest BCUT2D eigenvalue weighted by Gasteiger charge is -2.25. The van der Waals surface area contributed by atoms with Crippen LogP contribution in [0.3, 0.4) is 0 Å².